The molecule has 0 aliphatic rings. The molecule has 0 aromatic heterocycles. The Morgan fingerprint density at radius 1 is 1.42 bits per heavy atom. The van der Waals surface area contributed by atoms with Gasteiger partial charge >= 0.3 is 5.97 Å². The van der Waals surface area contributed by atoms with Gasteiger partial charge in [0.25, 0.3) is 0 Å². The molecule has 72 valence electrons. The van der Waals surface area contributed by atoms with E-state index in [-0.39, 0.29) is 6.04 Å². The largest absolute Gasteiger partial charge is 0.480 e. The van der Waals surface area contributed by atoms with Crippen LogP contribution in [0.4, 0.5) is 0 Å². The molecule has 0 saturated carbocycles. The van der Waals surface area contributed by atoms with E-state index >= 15 is 0 Å². The van der Waals surface area contributed by atoms with Gasteiger partial charge in [0.2, 0.25) is 0 Å². The maximum absolute atomic E-state index is 10.6. The van der Waals surface area contributed by atoms with E-state index in [2.05, 4.69) is 12.2 Å². The van der Waals surface area contributed by atoms with Gasteiger partial charge in [-0.3, -0.25) is 4.79 Å². The molecule has 3 heteroatoms. The highest BCUT2D eigenvalue weighted by molar-refractivity contribution is 5.73. The molecule has 0 aromatic carbocycles. The lowest BCUT2D eigenvalue weighted by Crippen LogP contribution is -2.36. The van der Waals surface area contributed by atoms with Crippen molar-refractivity contribution in [2.75, 3.05) is 6.54 Å². The Labute approximate surface area is 74.2 Å². The predicted octanol–water partition coefficient (Wildman–Crippen LogP) is 1.63. The van der Waals surface area contributed by atoms with Crippen molar-refractivity contribution in [2.45, 2.75) is 45.6 Å². The zero-order valence-electron chi connectivity index (χ0n) is 7.97. The summed E-state index contributed by atoms with van der Waals surface area (Å²) < 4.78 is 0. The van der Waals surface area contributed by atoms with Gasteiger partial charge in [0.1, 0.15) is 6.04 Å². The maximum atomic E-state index is 10.6. The third kappa shape index (κ3) is 5.13. The van der Waals surface area contributed by atoms with E-state index in [1.807, 2.05) is 6.92 Å². The molecule has 0 bridgehead atoms. The third-order valence-electron chi connectivity index (χ3n) is 1.84. The Kier molecular flexibility index (Phi) is 6.76. The van der Waals surface area contributed by atoms with Crippen LogP contribution in [-0.2, 0) is 4.79 Å². The fourth-order valence-electron chi connectivity index (χ4n) is 1.16. The highest BCUT2D eigenvalue weighted by atomic mass is 16.4. The predicted molar refractivity (Wildman–Crippen MR) is 49.2 cm³/mol. The average Bonchev–Trinajstić information content (AvgIpc) is 2.03. The van der Waals surface area contributed by atoms with Crippen molar-refractivity contribution in [1.29, 1.82) is 0 Å². The second-order valence-corrected chi connectivity index (χ2v) is 2.94. The summed E-state index contributed by atoms with van der Waals surface area (Å²) in [7, 11) is 0. The number of carbonyl (C=O) groups is 1. The second kappa shape index (κ2) is 7.10. The summed E-state index contributed by atoms with van der Waals surface area (Å²) in [6, 6.07) is -0.346. The van der Waals surface area contributed by atoms with E-state index in [1.54, 1.807) is 0 Å². The van der Waals surface area contributed by atoms with E-state index in [0.29, 0.717) is 0 Å². The summed E-state index contributed by atoms with van der Waals surface area (Å²) in [6.45, 7) is 4.77. The lowest BCUT2D eigenvalue weighted by atomic mass is 10.1. The van der Waals surface area contributed by atoms with E-state index in [4.69, 9.17) is 5.11 Å². The van der Waals surface area contributed by atoms with Gasteiger partial charge in [0, 0.05) is 0 Å². The van der Waals surface area contributed by atoms with E-state index < -0.39 is 5.97 Å². The van der Waals surface area contributed by atoms with E-state index in [0.717, 1.165) is 32.2 Å². The number of rotatable bonds is 7. The first-order valence-electron chi connectivity index (χ1n) is 4.68. The quantitative estimate of drug-likeness (QED) is 0.575. The van der Waals surface area contributed by atoms with Crippen LogP contribution in [0.2, 0.25) is 0 Å². The Morgan fingerprint density at radius 3 is 2.50 bits per heavy atom. The van der Waals surface area contributed by atoms with Gasteiger partial charge in [-0.25, -0.2) is 0 Å². The molecule has 12 heavy (non-hydrogen) atoms. The van der Waals surface area contributed by atoms with Crippen LogP contribution >= 0.6 is 0 Å². The second-order valence-electron chi connectivity index (χ2n) is 2.94. The SMILES string of the molecule is CCCCC[C@H](NCC)C(=O)O. The van der Waals surface area contributed by atoms with Crippen LogP contribution in [0, 0.1) is 0 Å². The molecule has 0 rings (SSSR count). The van der Waals surface area contributed by atoms with Gasteiger partial charge in [-0.05, 0) is 13.0 Å². The summed E-state index contributed by atoms with van der Waals surface area (Å²) in [4.78, 5) is 10.6. The first-order chi connectivity index (χ1) is 5.72. The number of nitrogens with one attached hydrogen (secondary N) is 1. The monoisotopic (exact) mass is 173 g/mol. The van der Waals surface area contributed by atoms with Crippen LogP contribution in [0.5, 0.6) is 0 Å². The number of likely N-dealkylation sites (N-methyl/N-ethyl adjacent to an activating group) is 1. The number of hydrogen-bond acceptors (Lipinski definition) is 2. The van der Waals surface area contributed by atoms with E-state index in [1.165, 1.54) is 0 Å². The first kappa shape index (κ1) is 11.4. The minimum Gasteiger partial charge on any atom is -0.480 e. The number of aliphatic carboxylic acids is 1. The summed E-state index contributed by atoms with van der Waals surface area (Å²) >= 11 is 0. The molecule has 0 radical (unpaired) electrons. The molecular weight excluding hydrogens is 154 g/mol. The normalized spacial score (nSPS) is 12.8. The summed E-state index contributed by atoms with van der Waals surface area (Å²) in [5, 5.41) is 11.7. The van der Waals surface area contributed by atoms with Gasteiger partial charge in [-0.1, -0.05) is 33.1 Å². The molecule has 0 aliphatic carbocycles. The van der Waals surface area contributed by atoms with Crippen molar-refractivity contribution in [3.63, 3.8) is 0 Å². The van der Waals surface area contributed by atoms with Crippen molar-refractivity contribution < 1.29 is 9.90 Å². The van der Waals surface area contributed by atoms with Crippen molar-refractivity contribution >= 4 is 5.97 Å². The smallest absolute Gasteiger partial charge is 0.320 e. The molecule has 0 aromatic rings. The Balaban J connectivity index is 3.56. The molecule has 0 heterocycles. The van der Waals surface area contributed by atoms with Crippen LogP contribution in [0.15, 0.2) is 0 Å². The molecule has 0 amide bonds. The topological polar surface area (TPSA) is 49.3 Å². The highest BCUT2D eigenvalue weighted by Crippen LogP contribution is 2.03. The summed E-state index contributed by atoms with van der Waals surface area (Å²) in [5.41, 5.74) is 0. The van der Waals surface area contributed by atoms with E-state index in [9.17, 15) is 4.79 Å². The van der Waals surface area contributed by atoms with Crippen molar-refractivity contribution in [3.8, 4) is 0 Å². The number of unbranched alkanes of at least 4 members (excludes halogenated alkanes) is 2. The molecule has 0 unspecified atom stereocenters. The molecule has 2 N–H and O–H groups in total. The Morgan fingerprint density at radius 2 is 2.08 bits per heavy atom. The van der Waals surface area contributed by atoms with Crippen LogP contribution in [0.3, 0.4) is 0 Å². The zero-order chi connectivity index (χ0) is 9.40. The van der Waals surface area contributed by atoms with Crippen molar-refractivity contribution in [3.05, 3.63) is 0 Å². The Hall–Kier alpha value is -0.570. The fraction of sp³-hybridized carbons (Fsp3) is 0.889. The number of carboxylic acid groups (broad SMARTS) is 1. The lowest BCUT2D eigenvalue weighted by molar-refractivity contribution is -0.139. The lowest BCUT2D eigenvalue weighted by Gasteiger charge is -2.11. The molecule has 1 atom stereocenters. The number of carboxylic acids is 1. The molecular formula is C9H19NO2. The molecule has 0 aliphatic heterocycles. The summed E-state index contributed by atoms with van der Waals surface area (Å²) in [5.74, 6) is -0.729. The number of hydrogen-bond donors (Lipinski definition) is 2. The Bertz CT molecular complexity index is 126. The average molecular weight is 173 g/mol. The van der Waals surface area contributed by atoms with Crippen LogP contribution in [0.1, 0.15) is 39.5 Å². The summed E-state index contributed by atoms with van der Waals surface area (Å²) in [6.07, 6.45) is 4.01. The van der Waals surface area contributed by atoms with Gasteiger partial charge in [-0.15, -0.1) is 0 Å². The minimum absolute atomic E-state index is 0.346. The van der Waals surface area contributed by atoms with Crippen LogP contribution in [-0.4, -0.2) is 23.7 Å². The standard InChI is InChI=1S/C9H19NO2/c1-3-5-6-7-8(9(11)12)10-4-2/h8,10H,3-7H2,1-2H3,(H,11,12)/t8-/m0/s1. The zero-order valence-corrected chi connectivity index (χ0v) is 7.97. The van der Waals surface area contributed by atoms with Gasteiger partial charge < -0.3 is 10.4 Å². The van der Waals surface area contributed by atoms with Crippen molar-refractivity contribution in [1.82, 2.24) is 5.32 Å². The van der Waals surface area contributed by atoms with Gasteiger partial charge in [0.05, 0.1) is 0 Å². The van der Waals surface area contributed by atoms with Crippen molar-refractivity contribution in [2.24, 2.45) is 0 Å². The van der Waals surface area contributed by atoms with Gasteiger partial charge in [-0.2, -0.15) is 0 Å². The molecule has 0 fully saturated rings. The van der Waals surface area contributed by atoms with Crippen LogP contribution < -0.4 is 5.32 Å². The molecule has 3 nitrogen and oxygen atoms in total. The van der Waals surface area contributed by atoms with Gasteiger partial charge in [0.15, 0.2) is 0 Å². The first-order valence-corrected chi connectivity index (χ1v) is 4.68. The molecule has 0 spiro atoms. The minimum atomic E-state index is -0.729. The fourth-order valence-corrected chi connectivity index (χ4v) is 1.16. The highest BCUT2D eigenvalue weighted by Gasteiger charge is 2.14. The van der Waals surface area contributed by atoms with Crippen LogP contribution in [0.25, 0.3) is 0 Å². The molecule has 0 saturated heterocycles. The maximum Gasteiger partial charge on any atom is 0.320 e. The third-order valence-corrected chi connectivity index (χ3v) is 1.84.